The molecule has 164 valence electrons. The topological polar surface area (TPSA) is 55.4 Å². The monoisotopic (exact) mass is 443 g/mol. The van der Waals surface area contributed by atoms with Crippen molar-refractivity contribution in [3.05, 3.63) is 76.7 Å². The first-order valence-electron chi connectivity index (χ1n) is 9.91. The summed E-state index contributed by atoms with van der Waals surface area (Å²) in [7, 11) is 1.62. The fourth-order valence-electron chi connectivity index (χ4n) is 4.41. The van der Waals surface area contributed by atoms with Crippen molar-refractivity contribution in [1.29, 1.82) is 0 Å². The smallest absolute Gasteiger partial charge is 0.256 e. The van der Waals surface area contributed by atoms with E-state index in [1.165, 1.54) is 9.20 Å². The van der Waals surface area contributed by atoms with Gasteiger partial charge in [-0.2, -0.15) is 10.2 Å². The van der Waals surface area contributed by atoms with Gasteiger partial charge in [0, 0.05) is 30.9 Å². The largest absolute Gasteiger partial charge is 0.330 e. The summed E-state index contributed by atoms with van der Waals surface area (Å²) in [6.45, 7) is 2.07. The molecule has 0 N–H and O–H groups in total. The van der Waals surface area contributed by atoms with Gasteiger partial charge < -0.3 is 4.90 Å². The lowest BCUT2D eigenvalue weighted by Crippen LogP contribution is -2.39. The standard InChI is InChI=1S/C22H17F4N5O/c1-11-19-13(20(29(2)28-19)12-8-15(23)18(26)16(24)9-12)5-7-30(11)22(32)14-4-3-6-31-21(14)17(25)10-27-31/h3-4,6,8-11H,5,7H2,1-2H3/t11-/m0/s1. The number of pyridine rings is 1. The van der Waals surface area contributed by atoms with E-state index in [1.54, 1.807) is 37.2 Å². The number of carbonyl (C=O) groups is 1. The van der Waals surface area contributed by atoms with Gasteiger partial charge in [-0.15, -0.1) is 0 Å². The Morgan fingerprint density at radius 3 is 2.56 bits per heavy atom. The molecule has 0 saturated heterocycles. The van der Waals surface area contributed by atoms with Crippen LogP contribution in [0.15, 0.2) is 36.7 Å². The van der Waals surface area contributed by atoms with Crippen molar-refractivity contribution >= 4 is 11.4 Å². The Morgan fingerprint density at radius 1 is 1.12 bits per heavy atom. The zero-order valence-electron chi connectivity index (χ0n) is 17.1. The van der Waals surface area contributed by atoms with Gasteiger partial charge in [-0.05, 0) is 37.6 Å². The lowest BCUT2D eigenvalue weighted by molar-refractivity contribution is 0.0675. The van der Waals surface area contributed by atoms with Crippen molar-refractivity contribution in [2.45, 2.75) is 19.4 Å². The minimum Gasteiger partial charge on any atom is -0.330 e. The third-order valence-corrected chi connectivity index (χ3v) is 5.89. The molecule has 1 atom stereocenters. The molecule has 1 amide bonds. The lowest BCUT2D eigenvalue weighted by Gasteiger charge is -2.33. The minimum absolute atomic E-state index is 0.0921. The van der Waals surface area contributed by atoms with E-state index in [0.29, 0.717) is 17.8 Å². The molecular formula is C22H17F4N5O. The Bertz CT molecular complexity index is 1370. The molecule has 4 aromatic rings. The van der Waals surface area contributed by atoms with Crippen LogP contribution in [-0.4, -0.2) is 36.7 Å². The van der Waals surface area contributed by atoms with Crippen LogP contribution in [0.2, 0.25) is 0 Å². The molecule has 0 fully saturated rings. The number of rotatable bonds is 2. The first-order chi connectivity index (χ1) is 15.3. The Kier molecular flexibility index (Phi) is 4.54. The molecular weight excluding hydrogens is 426 g/mol. The van der Waals surface area contributed by atoms with E-state index >= 15 is 0 Å². The van der Waals surface area contributed by atoms with Gasteiger partial charge in [-0.25, -0.2) is 22.1 Å². The van der Waals surface area contributed by atoms with Crippen molar-refractivity contribution < 1.29 is 22.4 Å². The van der Waals surface area contributed by atoms with Gasteiger partial charge in [0.25, 0.3) is 5.91 Å². The molecule has 0 saturated carbocycles. The maximum absolute atomic E-state index is 14.3. The minimum atomic E-state index is -1.53. The zero-order chi connectivity index (χ0) is 22.7. The van der Waals surface area contributed by atoms with E-state index in [2.05, 4.69) is 10.2 Å². The Balaban J connectivity index is 1.55. The Morgan fingerprint density at radius 2 is 1.84 bits per heavy atom. The number of carbonyl (C=O) groups excluding carboxylic acids is 1. The highest BCUT2D eigenvalue weighted by atomic mass is 19.2. The number of hydrogen-bond donors (Lipinski definition) is 0. The zero-order valence-corrected chi connectivity index (χ0v) is 17.1. The number of benzene rings is 1. The second-order valence-corrected chi connectivity index (χ2v) is 7.72. The molecule has 1 aliphatic rings. The molecule has 32 heavy (non-hydrogen) atoms. The van der Waals surface area contributed by atoms with Crippen molar-refractivity contribution in [2.75, 3.05) is 6.54 Å². The van der Waals surface area contributed by atoms with Crippen LogP contribution in [-0.2, 0) is 13.5 Å². The van der Waals surface area contributed by atoms with E-state index in [0.717, 1.165) is 23.9 Å². The van der Waals surface area contributed by atoms with Crippen LogP contribution in [0.3, 0.4) is 0 Å². The van der Waals surface area contributed by atoms with Crippen molar-refractivity contribution in [1.82, 2.24) is 24.3 Å². The number of halogens is 4. The van der Waals surface area contributed by atoms with E-state index in [4.69, 9.17) is 0 Å². The number of fused-ring (bicyclic) bond motifs is 2. The van der Waals surface area contributed by atoms with Gasteiger partial charge in [0.1, 0.15) is 5.52 Å². The third-order valence-electron chi connectivity index (χ3n) is 5.89. The number of hydrogen-bond acceptors (Lipinski definition) is 3. The maximum atomic E-state index is 14.3. The van der Waals surface area contributed by atoms with Crippen LogP contribution in [0.4, 0.5) is 17.6 Å². The first-order valence-corrected chi connectivity index (χ1v) is 9.91. The second-order valence-electron chi connectivity index (χ2n) is 7.72. The molecule has 0 radical (unpaired) electrons. The highest BCUT2D eigenvalue weighted by Gasteiger charge is 2.34. The van der Waals surface area contributed by atoms with Crippen LogP contribution in [0.25, 0.3) is 16.8 Å². The summed E-state index contributed by atoms with van der Waals surface area (Å²) in [5.74, 6) is -5.08. The average molecular weight is 443 g/mol. The Labute approximate surface area is 179 Å². The van der Waals surface area contributed by atoms with E-state index in [9.17, 15) is 22.4 Å². The fourth-order valence-corrected chi connectivity index (χ4v) is 4.41. The number of amides is 1. The van der Waals surface area contributed by atoms with Crippen molar-refractivity contribution in [3.63, 3.8) is 0 Å². The molecule has 10 heteroatoms. The van der Waals surface area contributed by atoms with Gasteiger partial charge in [0.15, 0.2) is 23.3 Å². The quantitative estimate of drug-likeness (QED) is 0.347. The molecule has 1 aliphatic heterocycles. The summed E-state index contributed by atoms with van der Waals surface area (Å²) in [5.41, 5.74) is 2.18. The van der Waals surface area contributed by atoms with Gasteiger partial charge in [0.2, 0.25) is 0 Å². The molecule has 4 heterocycles. The molecule has 0 aliphatic carbocycles. The normalized spacial score (nSPS) is 15.9. The molecule has 6 nitrogen and oxygen atoms in total. The Hall–Kier alpha value is -3.69. The number of aryl methyl sites for hydroxylation is 1. The highest BCUT2D eigenvalue weighted by molar-refractivity contribution is 6.01. The average Bonchev–Trinajstić information content (AvgIpc) is 3.31. The summed E-state index contributed by atoms with van der Waals surface area (Å²) in [5, 5.41) is 8.38. The predicted molar refractivity (Wildman–Crippen MR) is 107 cm³/mol. The first kappa shape index (κ1) is 20.2. The second kappa shape index (κ2) is 7.18. The molecule has 0 bridgehead atoms. The summed E-state index contributed by atoms with van der Waals surface area (Å²) >= 11 is 0. The van der Waals surface area contributed by atoms with Crippen LogP contribution in [0, 0.1) is 23.3 Å². The predicted octanol–water partition coefficient (Wildman–Crippen LogP) is 4.05. The van der Waals surface area contributed by atoms with Gasteiger partial charge in [-0.1, -0.05) is 0 Å². The molecule has 5 rings (SSSR count). The molecule has 0 spiro atoms. The molecule has 0 unspecified atom stereocenters. The highest BCUT2D eigenvalue weighted by Crippen LogP contribution is 2.37. The summed E-state index contributed by atoms with van der Waals surface area (Å²) in [4.78, 5) is 14.9. The SMILES string of the molecule is C[C@H]1c2nn(C)c(-c3cc(F)c(F)c(F)c3)c2CCN1C(=O)c1cccn2ncc(F)c12. The van der Waals surface area contributed by atoms with E-state index < -0.39 is 29.3 Å². The van der Waals surface area contributed by atoms with Crippen LogP contribution < -0.4 is 0 Å². The van der Waals surface area contributed by atoms with Crippen LogP contribution in [0.1, 0.15) is 34.6 Å². The van der Waals surface area contributed by atoms with E-state index in [-0.39, 0.29) is 29.1 Å². The fraction of sp³-hybridized carbons (Fsp3) is 0.227. The van der Waals surface area contributed by atoms with Crippen LogP contribution in [0.5, 0.6) is 0 Å². The lowest BCUT2D eigenvalue weighted by atomic mass is 9.95. The summed E-state index contributed by atoms with van der Waals surface area (Å²) in [6.07, 6.45) is 2.97. The molecule has 1 aromatic carbocycles. The maximum Gasteiger partial charge on any atom is 0.256 e. The number of nitrogens with zero attached hydrogens (tertiary/aromatic N) is 5. The van der Waals surface area contributed by atoms with Gasteiger partial charge >= 0.3 is 0 Å². The van der Waals surface area contributed by atoms with Gasteiger partial charge in [-0.3, -0.25) is 9.48 Å². The molecule has 3 aromatic heterocycles. The van der Waals surface area contributed by atoms with Crippen molar-refractivity contribution in [2.24, 2.45) is 7.05 Å². The summed E-state index contributed by atoms with van der Waals surface area (Å²) < 4.78 is 58.1. The summed E-state index contributed by atoms with van der Waals surface area (Å²) in [6, 6.07) is 4.54. The van der Waals surface area contributed by atoms with Crippen LogP contribution >= 0.6 is 0 Å². The van der Waals surface area contributed by atoms with Gasteiger partial charge in [0.05, 0.1) is 29.2 Å². The third kappa shape index (κ3) is 2.89. The van der Waals surface area contributed by atoms with Crippen molar-refractivity contribution in [3.8, 4) is 11.3 Å². The van der Waals surface area contributed by atoms with E-state index in [1.807, 2.05) is 0 Å². The number of aromatic nitrogens is 4.